The Hall–Kier alpha value is -3.18. The summed E-state index contributed by atoms with van der Waals surface area (Å²) in [5, 5.41) is 9.71. The van der Waals surface area contributed by atoms with Crippen molar-refractivity contribution in [2.45, 2.75) is 373 Å². The lowest BCUT2D eigenvalue weighted by Gasteiger charge is -2.15. The van der Waals surface area contributed by atoms with Crippen LogP contribution in [0.15, 0.2) is 97.2 Å². The standard InChI is InChI=1S/C78H138O5/c1-3-5-7-9-11-13-15-17-19-21-23-25-27-29-31-33-34-35-36-37-38-39-40-41-42-43-44-45-47-49-51-53-55-57-59-61-63-65-67-69-71-73-78(81)83-76(74-79)75-82-77(80)72-70-68-66-64-62-60-58-56-54-52-50-48-46-32-30-28-26-24-22-20-18-16-14-12-10-8-6-4-2/h5,7,11,13,17,19,23,25,29,31,34-35,37-38,40-41,76,79H,3-4,6,8-10,12,14-16,18,20-22,24,26-28,30,32-33,36,39,42-75H2,1-2H3/b7-5-,13-11-,19-17-,25-23-,31-29-,35-34-,38-37-,41-40-. The van der Waals surface area contributed by atoms with Crippen LogP contribution in [0, 0.1) is 0 Å². The molecule has 5 nitrogen and oxygen atoms in total. The number of hydrogen-bond donors (Lipinski definition) is 1. The molecule has 0 aromatic heterocycles. The van der Waals surface area contributed by atoms with Crippen molar-refractivity contribution in [2.24, 2.45) is 0 Å². The number of aliphatic hydroxyl groups is 1. The lowest BCUT2D eigenvalue weighted by atomic mass is 10.0. The average Bonchev–Trinajstić information content (AvgIpc) is 3.49. The van der Waals surface area contributed by atoms with Gasteiger partial charge in [0.15, 0.2) is 6.10 Å². The number of esters is 2. The zero-order chi connectivity index (χ0) is 59.8. The second-order valence-electron chi connectivity index (χ2n) is 24.3. The number of ether oxygens (including phenoxy) is 2. The molecule has 83 heavy (non-hydrogen) atoms. The molecule has 0 spiro atoms. The molecule has 5 heteroatoms. The number of carbonyl (C=O) groups excluding carboxylic acids is 2. The molecule has 0 radical (unpaired) electrons. The monoisotopic (exact) mass is 1160 g/mol. The van der Waals surface area contributed by atoms with Crippen molar-refractivity contribution in [3.05, 3.63) is 97.2 Å². The van der Waals surface area contributed by atoms with Crippen molar-refractivity contribution < 1.29 is 24.2 Å². The quantitative estimate of drug-likeness (QED) is 0.0373. The molecular weight excluding hydrogens is 1020 g/mol. The van der Waals surface area contributed by atoms with Crippen LogP contribution in [0.5, 0.6) is 0 Å². The molecule has 0 amide bonds. The summed E-state index contributed by atoms with van der Waals surface area (Å²) in [7, 11) is 0. The van der Waals surface area contributed by atoms with Crippen LogP contribution in [0.4, 0.5) is 0 Å². The number of aliphatic hydroxyl groups excluding tert-OH is 1. The summed E-state index contributed by atoms with van der Waals surface area (Å²) in [5.41, 5.74) is 0. The summed E-state index contributed by atoms with van der Waals surface area (Å²) >= 11 is 0. The van der Waals surface area contributed by atoms with Gasteiger partial charge in [0.1, 0.15) is 6.61 Å². The highest BCUT2D eigenvalue weighted by atomic mass is 16.6. The third-order valence-corrected chi connectivity index (χ3v) is 16.1. The van der Waals surface area contributed by atoms with E-state index in [-0.39, 0.29) is 25.2 Å². The number of allylic oxidation sites excluding steroid dienone is 16. The summed E-state index contributed by atoms with van der Waals surface area (Å²) in [4.78, 5) is 24.7. The second-order valence-corrected chi connectivity index (χ2v) is 24.3. The van der Waals surface area contributed by atoms with E-state index in [2.05, 4.69) is 111 Å². The minimum atomic E-state index is -0.775. The van der Waals surface area contributed by atoms with Gasteiger partial charge in [0, 0.05) is 12.8 Å². The summed E-state index contributed by atoms with van der Waals surface area (Å²) in [6.07, 6.45) is 105. The highest BCUT2D eigenvalue weighted by molar-refractivity contribution is 5.70. The second kappa shape index (κ2) is 73.1. The fourth-order valence-electron chi connectivity index (χ4n) is 10.8. The van der Waals surface area contributed by atoms with Gasteiger partial charge >= 0.3 is 11.9 Å². The highest BCUT2D eigenvalue weighted by Crippen LogP contribution is 2.19. The minimum absolute atomic E-state index is 0.0631. The maximum absolute atomic E-state index is 12.4. The molecule has 0 fully saturated rings. The summed E-state index contributed by atoms with van der Waals surface area (Å²) in [6.45, 7) is 4.08. The Bertz CT molecular complexity index is 1550. The van der Waals surface area contributed by atoms with E-state index in [9.17, 15) is 14.7 Å². The number of unbranched alkanes of at least 4 members (excludes halogenated alkanes) is 43. The largest absolute Gasteiger partial charge is 0.462 e. The Morgan fingerprint density at radius 1 is 0.289 bits per heavy atom. The zero-order valence-electron chi connectivity index (χ0n) is 55.2. The molecule has 0 saturated heterocycles. The molecule has 1 N–H and O–H groups in total. The van der Waals surface area contributed by atoms with Gasteiger partial charge in [0.2, 0.25) is 0 Å². The Morgan fingerprint density at radius 3 is 0.783 bits per heavy atom. The fourth-order valence-corrected chi connectivity index (χ4v) is 10.8. The van der Waals surface area contributed by atoms with Gasteiger partial charge in [-0.05, 0) is 77.0 Å². The van der Waals surface area contributed by atoms with Crippen molar-refractivity contribution in [2.75, 3.05) is 13.2 Å². The van der Waals surface area contributed by atoms with E-state index >= 15 is 0 Å². The molecule has 1 unspecified atom stereocenters. The molecular formula is C78H138O5. The number of hydrogen-bond acceptors (Lipinski definition) is 5. The lowest BCUT2D eigenvalue weighted by molar-refractivity contribution is -0.161. The van der Waals surface area contributed by atoms with E-state index in [1.165, 1.54) is 250 Å². The van der Waals surface area contributed by atoms with Crippen LogP contribution in [0.3, 0.4) is 0 Å². The van der Waals surface area contributed by atoms with Crippen LogP contribution in [-0.2, 0) is 19.1 Å². The van der Waals surface area contributed by atoms with Gasteiger partial charge in [-0.1, -0.05) is 374 Å². The van der Waals surface area contributed by atoms with Crippen LogP contribution in [0.25, 0.3) is 0 Å². The first-order valence-electron chi connectivity index (χ1n) is 36.3. The van der Waals surface area contributed by atoms with Crippen molar-refractivity contribution in [3.63, 3.8) is 0 Å². The van der Waals surface area contributed by atoms with E-state index in [1.54, 1.807) is 0 Å². The van der Waals surface area contributed by atoms with Gasteiger partial charge in [-0.3, -0.25) is 9.59 Å². The topological polar surface area (TPSA) is 72.8 Å². The molecule has 0 aliphatic rings. The normalized spacial score (nSPS) is 12.8. The van der Waals surface area contributed by atoms with Crippen LogP contribution in [-0.4, -0.2) is 36.4 Å². The van der Waals surface area contributed by atoms with E-state index < -0.39 is 6.10 Å². The first-order chi connectivity index (χ1) is 41.1. The van der Waals surface area contributed by atoms with Crippen molar-refractivity contribution in [3.8, 4) is 0 Å². The van der Waals surface area contributed by atoms with E-state index in [4.69, 9.17) is 9.47 Å². The third-order valence-electron chi connectivity index (χ3n) is 16.1. The molecule has 0 aromatic rings. The Labute approximate surface area is 517 Å². The zero-order valence-corrected chi connectivity index (χ0v) is 55.2. The van der Waals surface area contributed by atoms with Crippen molar-refractivity contribution in [1.82, 2.24) is 0 Å². The van der Waals surface area contributed by atoms with Gasteiger partial charge in [-0.2, -0.15) is 0 Å². The number of rotatable bonds is 67. The van der Waals surface area contributed by atoms with Gasteiger partial charge in [-0.15, -0.1) is 0 Å². The average molecular weight is 1160 g/mol. The smallest absolute Gasteiger partial charge is 0.306 e. The summed E-state index contributed by atoms with van der Waals surface area (Å²) < 4.78 is 10.8. The Kier molecular flexibility index (Phi) is 70.3. The fraction of sp³-hybridized carbons (Fsp3) is 0.769. The highest BCUT2D eigenvalue weighted by Gasteiger charge is 2.16. The summed E-state index contributed by atoms with van der Waals surface area (Å²) in [5.74, 6) is -0.573. The van der Waals surface area contributed by atoms with E-state index in [1.807, 2.05) is 0 Å². The van der Waals surface area contributed by atoms with Crippen LogP contribution in [0.2, 0.25) is 0 Å². The predicted octanol–water partition coefficient (Wildman–Crippen LogP) is 25.4. The minimum Gasteiger partial charge on any atom is -0.462 e. The summed E-state index contributed by atoms with van der Waals surface area (Å²) in [6, 6.07) is 0. The first-order valence-corrected chi connectivity index (χ1v) is 36.3. The van der Waals surface area contributed by atoms with Crippen molar-refractivity contribution >= 4 is 11.9 Å². The molecule has 0 rings (SSSR count). The molecule has 0 aliphatic heterocycles. The van der Waals surface area contributed by atoms with Crippen LogP contribution in [0.1, 0.15) is 367 Å². The van der Waals surface area contributed by atoms with Gasteiger partial charge in [-0.25, -0.2) is 0 Å². The number of carbonyl (C=O) groups is 2. The van der Waals surface area contributed by atoms with Gasteiger partial charge in [0.05, 0.1) is 6.61 Å². The Balaban J connectivity index is 3.45. The molecule has 0 bridgehead atoms. The maximum atomic E-state index is 12.4. The SMILES string of the molecule is CC/C=C\C/C=C\C/C=C\C/C=C\C/C=C\C/C=C\C/C=C\C/C=C\CCCCCCCCCCCCCCCCCCC(=O)OC(CO)COC(=O)CCCCCCCCCCCCCCCCCCCCCCCCCCCCCC. The maximum Gasteiger partial charge on any atom is 0.306 e. The molecule has 0 aromatic carbocycles. The van der Waals surface area contributed by atoms with E-state index in [0.717, 1.165) is 89.9 Å². The Morgan fingerprint density at radius 2 is 0.518 bits per heavy atom. The van der Waals surface area contributed by atoms with Gasteiger partial charge in [0.25, 0.3) is 0 Å². The molecule has 0 heterocycles. The van der Waals surface area contributed by atoms with Gasteiger partial charge < -0.3 is 14.6 Å². The first kappa shape index (κ1) is 79.8. The molecule has 1 atom stereocenters. The molecule has 480 valence electrons. The van der Waals surface area contributed by atoms with E-state index in [0.29, 0.717) is 12.8 Å². The molecule has 0 aliphatic carbocycles. The van der Waals surface area contributed by atoms with Crippen molar-refractivity contribution in [1.29, 1.82) is 0 Å². The predicted molar refractivity (Wildman–Crippen MR) is 366 cm³/mol. The third kappa shape index (κ3) is 71.2. The molecule has 0 saturated carbocycles. The lowest BCUT2D eigenvalue weighted by Crippen LogP contribution is -2.28. The van der Waals surface area contributed by atoms with Crippen LogP contribution < -0.4 is 0 Å². The van der Waals surface area contributed by atoms with Crippen LogP contribution >= 0.6 is 0 Å².